The topological polar surface area (TPSA) is 64.4 Å². The normalized spacial score (nSPS) is 11.0. The van der Waals surface area contributed by atoms with Crippen molar-refractivity contribution in [3.63, 3.8) is 0 Å². The van der Waals surface area contributed by atoms with Gasteiger partial charge in [-0.25, -0.2) is 0 Å². The predicted octanol–water partition coefficient (Wildman–Crippen LogP) is 3.16. The molecule has 1 aromatic carbocycles. The van der Waals surface area contributed by atoms with Gasteiger partial charge in [-0.05, 0) is 40.3 Å². The Kier molecular flexibility index (Phi) is 5.13. The summed E-state index contributed by atoms with van der Waals surface area (Å²) in [7, 11) is 3.18. The molecule has 1 N–H and O–H groups in total. The van der Waals surface area contributed by atoms with Crippen LogP contribution in [0.15, 0.2) is 21.7 Å². The van der Waals surface area contributed by atoms with Crippen LogP contribution in [-0.4, -0.2) is 35.3 Å². The molecule has 2 aromatic rings. The van der Waals surface area contributed by atoms with Crippen molar-refractivity contribution in [2.45, 2.75) is 13.3 Å². The molecule has 0 aliphatic rings. The molecule has 0 radical (unpaired) electrons. The van der Waals surface area contributed by atoms with Crippen LogP contribution in [0.5, 0.6) is 11.5 Å². The molecular weight excluding hydrogens is 356 g/mol. The number of rotatable bonds is 5. The van der Waals surface area contributed by atoms with Crippen molar-refractivity contribution >= 4 is 34.4 Å². The number of hydrogen-bond donors (Lipinski definition) is 1. The van der Waals surface area contributed by atoms with E-state index in [1.54, 1.807) is 25.1 Å². The number of nitrogens with one attached hydrogen (secondary N) is 1. The summed E-state index contributed by atoms with van der Waals surface area (Å²) >= 11 is 8.63. The summed E-state index contributed by atoms with van der Waals surface area (Å²) in [4.78, 5) is 0. The fraction of sp³-hybridized carbons (Fsp3) is 0.308. The minimum Gasteiger partial charge on any atom is -0.493 e. The zero-order valence-corrected chi connectivity index (χ0v) is 14.3. The van der Waals surface area contributed by atoms with E-state index in [9.17, 15) is 0 Å². The predicted molar refractivity (Wildman–Crippen MR) is 87.0 cm³/mol. The lowest BCUT2D eigenvalue weighted by Gasteiger charge is -2.09. The molecule has 1 heterocycles. The molecule has 0 spiro atoms. The molecule has 0 unspecified atom stereocenters. The van der Waals surface area contributed by atoms with Crippen molar-refractivity contribution in [1.29, 1.82) is 0 Å². The summed E-state index contributed by atoms with van der Waals surface area (Å²) in [5, 5.41) is 11.2. The van der Waals surface area contributed by atoms with Gasteiger partial charge in [0.1, 0.15) is 0 Å². The number of benzene rings is 1. The highest BCUT2D eigenvalue weighted by molar-refractivity contribution is 9.10. The van der Waals surface area contributed by atoms with Crippen molar-refractivity contribution in [2.24, 2.45) is 5.10 Å². The molecule has 8 heteroatoms. The van der Waals surface area contributed by atoms with Crippen LogP contribution in [0, 0.1) is 4.77 Å². The molecule has 0 aliphatic heterocycles. The number of aryl methyl sites for hydroxylation is 1. The van der Waals surface area contributed by atoms with Gasteiger partial charge in [0.05, 0.1) is 20.4 Å². The van der Waals surface area contributed by atoms with Crippen LogP contribution < -0.4 is 9.47 Å². The van der Waals surface area contributed by atoms with Crippen LogP contribution in [0.2, 0.25) is 0 Å². The van der Waals surface area contributed by atoms with E-state index in [1.165, 1.54) is 0 Å². The van der Waals surface area contributed by atoms with E-state index in [-0.39, 0.29) is 0 Å². The Labute approximate surface area is 135 Å². The van der Waals surface area contributed by atoms with E-state index in [0.717, 1.165) is 22.3 Å². The molecular formula is C13H15BrN4O2S. The Balaban J connectivity index is 2.41. The van der Waals surface area contributed by atoms with E-state index in [0.29, 0.717) is 16.3 Å². The fourth-order valence-electron chi connectivity index (χ4n) is 1.76. The van der Waals surface area contributed by atoms with E-state index in [4.69, 9.17) is 21.7 Å². The first-order valence-electron chi connectivity index (χ1n) is 6.22. The van der Waals surface area contributed by atoms with E-state index in [1.807, 2.05) is 19.1 Å². The lowest BCUT2D eigenvalue weighted by molar-refractivity contribution is 0.354. The zero-order chi connectivity index (χ0) is 15.4. The Morgan fingerprint density at radius 3 is 2.67 bits per heavy atom. The maximum Gasteiger partial charge on any atom is 0.216 e. The van der Waals surface area contributed by atoms with Crippen LogP contribution >= 0.6 is 28.1 Å². The maximum absolute atomic E-state index is 5.28. The average molecular weight is 371 g/mol. The van der Waals surface area contributed by atoms with Gasteiger partial charge < -0.3 is 9.47 Å². The number of halogens is 1. The van der Waals surface area contributed by atoms with Gasteiger partial charge in [0.25, 0.3) is 0 Å². The van der Waals surface area contributed by atoms with Crippen LogP contribution in [0.1, 0.15) is 18.3 Å². The Morgan fingerprint density at radius 1 is 1.38 bits per heavy atom. The quantitative estimate of drug-likeness (QED) is 0.648. The van der Waals surface area contributed by atoms with Gasteiger partial charge in [0.2, 0.25) is 4.77 Å². The summed E-state index contributed by atoms with van der Waals surface area (Å²) in [6.45, 7) is 1.99. The molecule has 0 saturated heterocycles. The molecule has 1 aromatic heterocycles. The van der Waals surface area contributed by atoms with Crippen LogP contribution in [0.25, 0.3) is 0 Å². The molecule has 21 heavy (non-hydrogen) atoms. The molecule has 0 aliphatic carbocycles. The lowest BCUT2D eigenvalue weighted by atomic mass is 10.2. The second-order valence-corrected chi connectivity index (χ2v) is 5.32. The minimum absolute atomic E-state index is 0.458. The molecule has 2 rings (SSSR count). The zero-order valence-electron chi connectivity index (χ0n) is 11.9. The third-order valence-electron chi connectivity index (χ3n) is 2.85. The molecule has 112 valence electrons. The Hall–Kier alpha value is -1.67. The van der Waals surface area contributed by atoms with Crippen LogP contribution in [-0.2, 0) is 6.42 Å². The van der Waals surface area contributed by atoms with E-state index in [2.05, 4.69) is 31.2 Å². The van der Waals surface area contributed by atoms with Gasteiger partial charge >= 0.3 is 0 Å². The SMILES string of the molecule is CCc1n[nH]c(=S)n1/N=C\c1cc(OC)c(OC)cc1Br. The third kappa shape index (κ3) is 3.33. The van der Waals surface area contributed by atoms with Gasteiger partial charge in [-0.3, -0.25) is 5.10 Å². The molecule has 0 fully saturated rings. The van der Waals surface area contributed by atoms with Gasteiger partial charge in [-0.1, -0.05) is 6.92 Å². The first-order valence-corrected chi connectivity index (χ1v) is 7.43. The smallest absolute Gasteiger partial charge is 0.216 e. The van der Waals surface area contributed by atoms with Gasteiger partial charge in [0.15, 0.2) is 17.3 Å². The molecule has 0 bridgehead atoms. The number of aromatic nitrogens is 3. The highest BCUT2D eigenvalue weighted by atomic mass is 79.9. The number of hydrogen-bond acceptors (Lipinski definition) is 5. The molecule has 0 atom stereocenters. The monoisotopic (exact) mass is 370 g/mol. The Morgan fingerprint density at radius 2 is 2.05 bits per heavy atom. The van der Waals surface area contributed by atoms with Crippen molar-refractivity contribution in [1.82, 2.24) is 14.9 Å². The highest BCUT2D eigenvalue weighted by Crippen LogP contribution is 2.32. The molecule has 6 nitrogen and oxygen atoms in total. The van der Waals surface area contributed by atoms with Crippen molar-refractivity contribution in [3.05, 3.63) is 32.8 Å². The first kappa shape index (κ1) is 15.7. The van der Waals surface area contributed by atoms with Crippen molar-refractivity contribution in [3.8, 4) is 11.5 Å². The second-order valence-electron chi connectivity index (χ2n) is 4.08. The second kappa shape index (κ2) is 6.86. The van der Waals surface area contributed by atoms with Gasteiger partial charge in [-0.2, -0.15) is 14.9 Å². The summed E-state index contributed by atoms with van der Waals surface area (Å²) < 4.78 is 13.4. The third-order valence-corrected chi connectivity index (χ3v) is 3.80. The minimum atomic E-state index is 0.458. The standard InChI is InChI=1S/C13H15BrN4O2S/c1-4-12-16-17-13(21)18(12)15-7-8-5-10(19-2)11(20-3)6-9(8)14/h5-7H,4H2,1-3H3,(H,17,21)/b15-7-. The maximum atomic E-state index is 5.28. The van der Waals surface area contributed by atoms with Crippen LogP contribution in [0.3, 0.4) is 0 Å². The molecule has 0 saturated carbocycles. The summed E-state index contributed by atoms with van der Waals surface area (Å²) in [6.07, 6.45) is 2.42. The number of aromatic amines is 1. The number of H-pyrrole nitrogens is 1. The largest absolute Gasteiger partial charge is 0.493 e. The number of nitrogens with zero attached hydrogens (tertiary/aromatic N) is 3. The molecule has 0 amide bonds. The van der Waals surface area contributed by atoms with Crippen molar-refractivity contribution < 1.29 is 9.47 Å². The van der Waals surface area contributed by atoms with Gasteiger partial charge in [-0.15, -0.1) is 0 Å². The number of methoxy groups -OCH3 is 2. The van der Waals surface area contributed by atoms with Crippen LogP contribution in [0.4, 0.5) is 0 Å². The van der Waals surface area contributed by atoms with Gasteiger partial charge in [0, 0.05) is 16.5 Å². The summed E-state index contributed by atoms with van der Waals surface area (Å²) in [5.74, 6) is 2.05. The van der Waals surface area contributed by atoms with E-state index >= 15 is 0 Å². The first-order chi connectivity index (χ1) is 10.1. The fourth-order valence-corrected chi connectivity index (χ4v) is 2.38. The number of ether oxygens (including phenoxy) is 2. The Bertz CT molecular complexity index is 723. The summed E-state index contributed by atoms with van der Waals surface area (Å²) in [5.41, 5.74) is 0.845. The lowest BCUT2D eigenvalue weighted by Crippen LogP contribution is -1.98. The van der Waals surface area contributed by atoms with Crippen molar-refractivity contribution in [2.75, 3.05) is 14.2 Å². The average Bonchev–Trinajstić information content (AvgIpc) is 2.85. The van der Waals surface area contributed by atoms with E-state index < -0.39 is 0 Å². The highest BCUT2D eigenvalue weighted by Gasteiger charge is 2.08. The summed E-state index contributed by atoms with van der Waals surface area (Å²) in [6, 6.07) is 3.66.